The van der Waals surface area contributed by atoms with E-state index in [1.165, 1.54) is 43.4 Å². The number of benzene rings is 1. The number of rotatable bonds is 2. The Balaban J connectivity index is 2.28. The molecule has 1 aliphatic heterocycles. The summed E-state index contributed by atoms with van der Waals surface area (Å²) in [6.07, 6.45) is 6.59. The van der Waals surface area contributed by atoms with Crippen LogP contribution in [0.2, 0.25) is 0 Å². The maximum Gasteiger partial charge on any atom is 0.106 e. The van der Waals surface area contributed by atoms with Crippen molar-refractivity contribution < 1.29 is 0 Å². The maximum atomic E-state index is 5.85. The first-order chi connectivity index (χ1) is 8.68. The molecule has 18 heavy (non-hydrogen) atoms. The van der Waals surface area contributed by atoms with Gasteiger partial charge in [0.05, 0.1) is 0 Å². The third-order valence-corrected chi connectivity index (χ3v) is 3.84. The highest BCUT2D eigenvalue weighted by Crippen LogP contribution is 2.25. The van der Waals surface area contributed by atoms with E-state index in [9.17, 15) is 0 Å². The molecule has 2 N–H and O–H groups in total. The fraction of sp³-hybridized carbons (Fsp3) is 0.533. The van der Waals surface area contributed by atoms with E-state index in [2.05, 4.69) is 30.0 Å². The summed E-state index contributed by atoms with van der Waals surface area (Å²) < 4.78 is 0. The molecule has 0 spiro atoms. The molecule has 0 bridgehead atoms. The molecule has 0 aliphatic carbocycles. The van der Waals surface area contributed by atoms with Gasteiger partial charge >= 0.3 is 0 Å². The normalized spacial score (nSPS) is 17.1. The minimum atomic E-state index is 0.507. The predicted molar refractivity (Wildman–Crippen MR) is 82.4 cm³/mol. The highest BCUT2D eigenvalue weighted by molar-refractivity contribution is 7.80. The maximum absolute atomic E-state index is 5.85. The lowest BCUT2D eigenvalue weighted by Crippen LogP contribution is -2.29. The van der Waals surface area contributed by atoms with Crippen LogP contribution in [-0.2, 0) is 0 Å². The molecule has 2 rings (SSSR count). The number of thiocarbonyl (C=S) groups is 1. The summed E-state index contributed by atoms with van der Waals surface area (Å²) in [5.74, 6) is 0. The predicted octanol–water partition coefficient (Wildman–Crippen LogP) is 3.40. The van der Waals surface area contributed by atoms with Gasteiger partial charge in [0, 0.05) is 24.3 Å². The average Bonchev–Trinajstić information content (AvgIpc) is 2.27. The first-order valence-electron chi connectivity index (χ1n) is 6.84. The van der Waals surface area contributed by atoms with Gasteiger partial charge < -0.3 is 10.6 Å². The van der Waals surface area contributed by atoms with Crippen molar-refractivity contribution in [1.82, 2.24) is 0 Å². The Morgan fingerprint density at radius 1 is 1.11 bits per heavy atom. The van der Waals surface area contributed by atoms with E-state index in [4.69, 9.17) is 18.0 Å². The monoisotopic (exact) mass is 262 g/mol. The fourth-order valence-electron chi connectivity index (χ4n) is 2.60. The Morgan fingerprint density at radius 2 is 1.72 bits per heavy atom. The second-order valence-corrected chi connectivity index (χ2v) is 5.58. The van der Waals surface area contributed by atoms with Crippen molar-refractivity contribution >= 4 is 22.9 Å². The van der Waals surface area contributed by atoms with Gasteiger partial charge in [0.15, 0.2) is 0 Å². The van der Waals surface area contributed by atoms with Gasteiger partial charge in [0.25, 0.3) is 0 Å². The standard InChI is InChI=1S/C15H22N2S/c1-12-7-8-13(15(16)18)14(11-12)17-9-5-3-2-4-6-10-17/h7-8,11H,2-6,9-10H2,1H3,(H2,16,18). The first kappa shape index (κ1) is 13.3. The third-order valence-electron chi connectivity index (χ3n) is 3.62. The molecule has 1 saturated heterocycles. The molecule has 0 aromatic heterocycles. The molecule has 1 fully saturated rings. The minimum absolute atomic E-state index is 0.507. The highest BCUT2D eigenvalue weighted by Gasteiger charge is 2.14. The summed E-state index contributed by atoms with van der Waals surface area (Å²) in [6.45, 7) is 4.37. The van der Waals surface area contributed by atoms with Crippen LogP contribution in [0.3, 0.4) is 0 Å². The van der Waals surface area contributed by atoms with Crippen LogP contribution in [0.1, 0.15) is 43.2 Å². The van der Waals surface area contributed by atoms with Gasteiger partial charge in [-0.25, -0.2) is 0 Å². The lowest BCUT2D eigenvalue weighted by atomic mass is 10.0. The van der Waals surface area contributed by atoms with E-state index in [-0.39, 0.29) is 0 Å². The van der Waals surface area contributed by atoms with E-state index in [0.29, 0.717) is 4.99 Å². The first-order valence-corrected chi connectivity index (χ1v) is 7.25. The van der Waals surface area contributed by atoms with Crippen molar-refractivity contribution in [3.05, 3.63) is 29.3 Å². The Hall–Kier alpha value is -1.09. The van der Waals surface area contributed by atoms with Gasteiger partial charge in [-0.05, 0) is 37.5 Å². The van der Waals surface area contributed by atoms with E-state index in [1.807, 2.05) is 0 Å². The summed E-state index contributed by atoms with van der Waals surface area (Å²) in [4.78, 5) is 2.97. The molecule has 2 nitrogen and oxygen atoms in total. The van der Waals surface area contributed by atoms with Crippen LogP contribution in [0.5, 0.6) is 0 Å². The van der Waals surface area contributed by atoms with Crippen LogP contribution >= 0.6 is 12.2 Å². The topological polar surface area (TPSA) is 29.3 Å². The van der Waals surface area contributed by atoms with Crippen LogP contribution in [0.25, 0.3) is 0 Å². The number of hydrogen-bond donors (Lipinski definition) is 1. The third kappa shape index (κ3) is 3.22. The van der Waals surface area contributed by atoms with Gasteiger partial charge in [-0.2, -0.15) is 0 Å². The summed E-state index contributed by atoms with van der Waals surface area (Å²) in [7, 11) is 0. The zero-order valence-electron chi connectivity index (χ0n) is 11.1. The number of hydrogen-bond acceptors (Lipinski definition) is 2. The van der Waals surface area contributed by atoms with Crippen LogP contribution < -0.4 is 10.6 Å². The summed E-state index contributed by atoms with van der Waals surface area (Å²) in [5.41, 5.74) is 9.37. The van der Waals surface area contributed by atoms with Crippen LogP contribution in [0.15, 0.2) is 18.2 Å². The van der Waals surface area contributed by atoms with E-state index >= 15 is 0 Å². The van der Waals surface area contributed by atoms with Crippen molar-refractivity contribution in [2.24, 2.45) is 5.73 Å². The molecule has 1 aromatic rings. The molecule has 0 radical (unpaired) electrons. The SMILES string of the molecule is Cc1ccc(C(N)=S)c(N2CCCCCCC2)c1. The van der Waals surface area contributed by atoms with Crippen molar-refractivity contribution in [3.8, 4) is 0 Å². The second-order valence-electron chi connectivity index (χ2n) is 5.14. The largest absolute Gasteiger partial charge is 0.389 e. The quantitative estimate of drug-likeness (QED) is 0.828. The smallest absolute Gasteiger partial charge is 0.106 e. The number of nitrogens with two attached hydrogens (primary N) is 1. The lowest BCUT2D eigenvalue weighted by Gasteiger charge is -2.29. The Bertz CT molecular complexity index is 421. The zero-order valence-corrected chi connectivity index (χ0v) is 11.9. The Labute approximate surface area is 115 Å². The van der Waals surface area contributed by atoms with Crippen molar-refractivity contribution in [3.63, 3.8) is 0 Å². The molecule has 98 valence electrons. The highest BCUT2D eigenvalue weighted by atomic mass is 32.1. The molecule has 0 atom stereocenters. The van der Waals surface area contributed by atoms with Gasteiger partial charge in [-0.3, -0.25) is 0 Å². The lowest BCUT2D eigenvalue weighted by molar-refractivity contribution is 0.556. The number of anilines is 1. The summed E-state index contributed by atoms with van der Waals surface area (Å²) in [6, 6.07) is 6.36. The average molecular weight is 262 g/mol. The van der Waals surface area contributed by atoms with Gasteiger partial charge in [-0.1, -0.05) is 37.5 Å². The van der Waals surface area contributed by atoms with Gasteiger partial charge in [0.2, 0.25) is 0 Å². The second kappa shape index (κ2) is 6.19. The van der Waals surface area contributed by atoms with Gasteiger partial charge in [-0.15, -0.1) is 0 Å². The molecule has 1 aliphatic rings. The molecule has 3 heteroatoms. The summed E-state index contributed by atoms with van der Waals surface area (Å²) in [5, 5.41) is 0. The van der Waals surface area contributed by atoms with E-state index in [0.717, 1.165) is 18.7 Å². The minimum Gasteiger partial charge on any atom is -0.389 e. The van der Waals surface area contributed by atoms with E-state index in [1.54, 1.807) is 0 Å². The molecular formula is C15H22N2S. The van der Waals surface area contributed by atoms with E-state index < -0.39 is 0 Å². The number of nitrogens with zero attached hydrogens (tertiary/aromatic N) is 1. The Kier molecular flexibility index (Phi) is 4.59. The molecular weight excluding hydrogens is 240 g/mol. The molecule has 1 heterocycles. The van der Waals surface area contributed by atoms with Crippen LogP contribution in [0, 0.1) is 6.92 Å². The zero-order chi connectivity index (χ0) is 13.0. The van der Waals surface area contributed by atoms with Gasteiger partial charge in [0.1, 0.15) is 4.99 Å². The molecule has 1 aromatic carbocycles. The summed E-state index contributed by atoms with van der Waals surface area (Å²) >= 11 is 5.17. The molecule has 0 unspecified atom stereocenters. The fourth-order valence-corrected chi connectivity index (χ4v) is 2.77. The van der Waals surface area contributed by atoms with Crippen molar-refractivity contribution in [2.45, 2.75) is 39.0 Å². The number of aryl methyl sites for hydroxylation is 1. The molecule has 0 amide bonds. The van der Waals surface area contributed by atoms with Crippen molar-refractivity contribution in [2.75, 3.05) is 18.0 Å². The van der Waals surface area contributed by atoms with Crippen molar-refractivity contribution in [1.29, 1.82) is 0 Å². The van der Waals surface area contributed by atoms with Crippen LogP contribution in [-0.4, -0.2) is 18.1 Å². The van der Waals surface area contributed by atoms with Crippen LogP contribution in [0.4, 0.5) is 5.69 Å². The Morgan fingerprint density at radius 3 is 2.33 bits per heavy atom. The molecule has 0 saturated carbocycles.